The topological polar surface area (TPSA) is 94.6 Å². The van der Waals surface area contributed by atoms with E-state index in [9.17, 15) is 23.5 Å². The molecule has 2 aromatic rings. The van der Waals surface area contributed by atoms with Crippen molar-refractivity contribution in [3.63, 3.8) is 0 Å². The first-order valence-electron chi connectivity index (χ1n) is 7.51. The van der Waals surface area contributed by atoms with Crippen LogP contribution in [0, 0.1) is 11.6 Å². The summed E-state index contributed by atoms with van der Waals surface area (Å²) in [6.45, 7) is 1.87. The van der Waals surface area contributed by atoms with E-state index >= 15 is 0 Å². The molecule has 0 spiro atoms. The monoisotopic (exact) mass is 372 g/mol. The Kier molecular flexibility index (Phi) is 3.81. The minimum absolute atomic E-state index is 0. The van der Waals surface area contributed by atoms with Gasteiger partial charge in [0.2, 0.25) is 5.43 Å². The van der Waals surface area contributed by atoms with Crippen LogP contribution in [0.4, 0.5) is 8.78 Å². The smallest absolute Gasteiger partial charge is 0.341 e. The molecule has 1 aromatic carbocycles. The molecule has 6 nitrogen and oxygen atoms in total. The predicted molar refractivity (Wildman–Crippen MR) is 87.6 cm³/mol. The number of hydrogen-bond donors (Lipinski definition) is 2. The number of nitrogens with zero attached hydrogens (tertiary/aromatic N) is 1. The number of carboxylic acids is 1. The van der Waals surface area contributed by atoms with Crippen LogP contribution in [-0.4, -0.2) is 22.2 Å². The maximum atomic E-state index is 14.7. The van der Waals surface area contributed by atoms with Gasteiger partial charge in [0.25, 0.3) is 0 Å². The zero-order valence-corrected chi connectivity index (χ0v) is 14.0. The van der Waals surface area contributed by atoms with Gasteiger partial charge in [-0.25, -0.2) is 13.6 Å². The maximum Gasteiger partial charge on any atom is 0.341 e. The van der Waals surface area contributed by atoms with Crippen LogP contribution in [0.1, 0.15) is 41.7 Å². The first kappa shape index (κ1) is 17.6. The van der Waals surface area contributed by atoms with Gasteiger partial charge in [0, 0.05) is 11.7 Å². The van der Waals surface area contributed by atoms with Gasteiger partial charge in [-0.15, -0.1) is 12.4 Å². The van der Waals surface area contributed by atoms with Crippen molar-refractivity contribution in [2.45, 2.75) is 31.3 Å². The van der Waals surface area contributed by atoms with E-state index in [1.165, 1.54) is 4.57 Å². The molecule has 1 fully saturated rings. The van der Waals surface area contributed by atoms with E-state index in [-0.39, 0.29) is 41.9 Å². The summed E-state index contributed by atoms with van der Waals surface area (Å²) in [5.74, 6) is -4.07. The van der Waals surface area contributed by atoms with Crippen LogP contribution in [0.25, 0.3) is 10.9 Å². The predicted octanol–water partition coefficient (Wildman–Crippen LogP) is 2.30. The Bertz CT molecular complexity index is 985. The third kappa shape index (κ3) is 2.24. The number of pyridine rings is 1. The SMILES string of the molecule is CC1COc2c(C3(N)CC3)c(F)c(F)c3c(=O)c(C(=O)O)cn1c23.Cl. The molecule has 0 amide bonds. The van der Waals surface area contributed by atoms with Gasteiger partial charge in [-0.3, -0.25) is 4.79 Å². The van der Waals surface area contributed by atoms with Crippen molar-refractivity contribution in [2.75, 3.05) is 6.61 Å². The first-order chi connectivity index (χ1) is 11.3. The van der Waals surface area contributed by atoms with Crippen LogP contribution in [0.5, 0.6) is 5.75 Å². The standard InChI is InChI=1S/C16H14F2N2O4.ClH/c1-6-5-24-14-9(16(19)2-3-16)11(18)10(17)8-12(14)20(6)4-7(13(8)21)15(22)23;/h4,6H,2-3,5,19H2,1H3,(H,22,23);1H. The van der Waals surface area contributed by atoms with Crippen LogP contribution < -0.4 is 15.9 Å². The molecule has 1 atom stereocenters. The Hall–Kier alpha value is -2.19. The molecular weight excluding hydrogens is 358 g/mol. The summed E-state index contributed by atoms with van der Waals surface area (Å²) >= 11 is 0. The number of carbonyl (C=O) groups is 1. The van der Waals surface area contributed by atoms with Crippen molar-refractivity contribution >= 4 is 29.3 Å². The average molecular weight is 373 g/mol. The summed E-state index contributed by atoms with van der Waals surface area (Å²) in [6, 6.07) is -0.343. The van der Waals surface area contributed by atoms with Crippen LogP contribution in [0.2, 0.25) is 0 Å². The number of halogens is 3. The number of hydrogen-bond acceptors (Lipinski definition) is 4. The van der Waals surface area contributed by atoms with Crippen molar-refractivity contribution in [3.8, 4) is 5.75 Å². The minimum atomic E-state index is -1.49. The normalized spacial score (nSPS) is 19.9. The van der Waals surface area contributed by atoms with Gasteiger partial charge >= 0.3 is 5.97 Å². The molecule has 9 heteroatoms. The fraction of sp³-hybridized carbons (Fsp3) is 0.375. The third-order valence-corrected chi connectivity index (χ3v) is 4.77. The Labute approximate surface area is 146 Å². The average Bonchev–Trinajstić information content (AvgIpc) is 3.26. The lowest BCUT2D eigenvalue weighted by molar-refractivity contribution is 0.0694. The number of benzene rings is 1. The zero-order valence-electron chi connectivity index (χ0n) is 13.1. The minimum Gasteiger partial charge on any atom is -0.489 e. The Morgan fingerprint density at radius 2 is 2.04 bits per heavy atom. The van der Waals surface area contributed by atoms with Gasteiger partial charge in [-0.05, 0) is 19.8 Å². The quantitative estimate of drug-likeness (QED) is 0.843. The molecular formula is C16H15ClF2N2O4. The molecule has 1 aliphatic carbocycles. The number of aromatic nitrogens is 1. The Balaban J connectivity index is 0.00000182. The van der Waals surface area contributed by atoms with Gasteiger partial charge < -0.3 is 20.1 Å². The summed E-state index contributed by atoms with van der Waals surface area (Å²) in [5, 5.41) is 8.58. The maximum absolute atomic E-state index is 14.7. The molecule has 4 rings (SSSR count). The van der Waals surface area contributed by atoms with Gasteiger partial charge in [-0.1, -0.05) is 0 Å². The third-order valence-electron chi connectivity index (χ3n) is 4.77. The highest BCUT2D eigenvalue weighted by Crippen LogP contribution is 2.51. The second-order valence-corrected chi connectivity index (χ2v) is 6.46. The van der Waals surface area contributed by atoms with Crippen molar-refractivity contribution in [1.82, 2.24) is 4.57 Å². The van der Waals surface area contributed by atoms with Crippen LogP contribution >= 0.6 is 12.4 Å². The van der Waals surface area contributed by atoms with Crippen molar-refractivity contribution in [1.29, 1.82) is 0 Å². The summed E-state index contributed by atoms with van der Waals surface area (Å²) in [6.07, 6.45) is 2.12. The first-order valence-corrected chi connectivity index (χ1v) is 7.51. The van der Waals surface area contributed by atoms with E-state index in [1.807, 2.05) is 0 Å². The van der Waals surface area contributed by atoms with E-state index < -0.39 is 39.5 Å². The number of ether oxygens (including phenoxy) is 1. The van der Waals surface area contributed by atoms with Gasteiger partial charge in [-0.2, -0.15) is 0 Å². The van der Waals surface area contributed by atoms with Crippen molar-refractivity contribution in [2.24, 2.45) is 5.73 Å². The van der Waals surface area contributed by atoms with Crippen molar-refractivity contribution in [3.05, 3.63) is 39.2 Å². The highest BCUT2D eigenvalue weighted by atomic mass is 35.5. The molecule has 2 aliphatic rings. The second kappa shape index (κ2) is 5.40. The molecule has 1 saturated carbocycles. The summed E-state index contributed by atoms with van der Waals surface area (Å²) in [7, 11) is 0. The lowest BCUT2D eigenvalue weighted by atomic mass is 9.97. The van der Waals surface area contributed by atoms with E-state index in [0.717, 1.165) is 6.20 Å². The molecule has 1 unspecified atom stereocenters. The van der Waals surface area contributed by atoms with Gasteiger partial charge in [0.1, 0.15) is 12.2 Å². The van der Waals surface area contributed by atoms with Gasteiger partial charge in [0.15, 0.2) is 17.4 Å². The summed E-state index contributed by atoms with van der Waals surface area (Å²) < 4.78 is 36.4. The van der Waals surface area contributed by atoms with E-state index in [4.69, 9.17) is 10.5 Å². The summed E-state index contributed by atoms with van der Waals surface area (Å²) in [5.41, 5.74) is 3.36. The fourth-order valence-corrected chi connectivity index (χ4v) is 3.26. The van der Waals surface area contributed by atoms with Crippen LogP contribution in [0.15, 0.2) is 11.0 Å². The molecule has 0 saturated heterocycles. The highest BCUT2D eigenvalue weighted by Gasteiger charge is 2.47. The number of rotatable bonds is 2. The Morgan fingerprint density at radius 3 is 2.60 bits per heavy atom. The van der Waals surface area contributed by atoms with Gasteiger partial charge in [0.05, 0.1) is 22.5 Å². The molecule has 3 N–H and O–H groups in total. The van der Waals surface area contributed by atoms with Crippen LogP contribution in [0.3, 0.4) is 0 Å². The number of aromatic carboxylic acids is 1. The highest BCUT2D eigenvalue weighted by molar-refractivity contribution is 5.95. The number of nitrogens with two attached hydrogens (primary N) is 1. The zero-order chi connectivity index (χ0) is 17.4. The van der Waals surface area contributed by atoms with E-state index in [1.54, 1.807) is 6.92 Å². The molecule has 134 valence electrons. The second-order valence-electron chi connectivity index (χ2n) is 6.46. The molecule has 1 aliphatic heterocycles. The molecule has 25 heavy (non-hydrogen) atoms. The largest absolute Gasteiger partial charge is 0.489 e. The summed E-state index contributed by atoms with van der Waals surface area (Å²) in [4.78, 5) is 23.7. The molecule has 0 bridgehead atoms. The molecule has 2 heterocycles. The Morgan fingerprint density at radius 1 is 1.40 bits per heavy atom. The molecule has 1 aromatic heterocycles. The van der Waals surface area contributed by atoms with E-state index in [2.05, 4.69) is 0 Å². The lowest BCUT2D eigenvalue weighted by Crippen LogP contribution is -2.31. The van der Waals surface area contributed by atoms with Crippen LogP contribution in [-0.2, 0) is 5.54 Å². The van der Waals surface area contributed by atoms with E-state index in [0.29, 0.717) is 12.8 Å². The lowest BCUT2D eigenvalue weighted by Gasteiger charge is -2.30. The van der Waals surface area contributed by atoms with Crippen molar-refractivity contribution < 1.29 is 23.4 Å². The molecule has 0 radical (unpaired) electrons. The fourth-order valence-electron chi connectivity index (χ4n) is 3.26. The number of carboxylic acid groups (broad SMARTS) is 1.